The van der Waals surface area contributed by atoms with E-state index >= 15 is 0 Å². The number of urea groups is 1. The Bertz CT molecular complexity index is 1240. The SMILES string of the molecule is COc1ccc2[nH]cc(CCN=C(c3ccc(F)cc3)C3C(=O)N(C)C(=O)N(C)C3=O)c2c1. The number of methoxy groups -OCH3 is 1. The number of amides is 4. The van der Waals surface area contributed by atoms with E-state index in [1.807, 2.05) is 24.4 Å². The molecule has 1 saturated heterocycles. The van der Waals surface area contributed by atoms with Crippen LogP contribution in [0.5, 0.6) is 5.75 Å². The molecule has 170 valence electrons. The number of fused-ring (bicyclic) bond motifs is 1. The fraction of sp³-hybridized carbons (Fsp3) is 0.250. The van der Waals surface area contributed by atoms with Gasteiger partial charge in [0.05, 0.1) is 12.8 Å². The third-order valence-electron chi connectivity index (χ3n) is 5.78. The highest BCUT2D eigenvalue weighted by atomic mass is 19.1. The van der Waals surface area contributed by atoms with Crippen molar-refractivity contribution in [2.24, 2.45) is 10.9 Å². The number of nitrogens with zero attached hydrogens (tertiary/aromatic N) is 3. The minimum atomic E-state index is -1.29. The molecular formula is C24H23FN4O4. The Balaban J connectivity index is 1.68. The highest BCUT2D eigenvalue weighted by molar-refractivity contribution is 6.30. The van der Waals surface area contributed by atoms with Crippen molar-refractivity contribution >= 4 is 34.5 Å². The summed E-state index contributed by atoms with van der Waals surface area (Å²) in [4.78, 5) is 47.6. The molecule has 0 spiro atoms. The lowest BCUT2D eigenvalue weighted by Gasteiger charge is -2.33. The third-order valence-corrected chi connectivity index (χ3v) is 5.78. The fourth-order valence-electron chi connectivity index (χ4n) is 3.90. The van der Waals surface area contributed by atoms with Crippen LogP contribution in [0, 0.1) is 11.7 Å². The number of barbiturate groups is 1. The number of imide groups is 2. The maximum absolute atomic E-state index is 13.5. The Kier molecular flexibility index (Phi) is 5.95. The molecule has 3 aromatic rings. The summed E-state index contributed by atoms with van der Waals surface area (Å²) in [5, 5.41) is 0.989. The number of aromatic amines is 1. The summed E-state index contributed by atoms with van der Waals surface area (Å²) in [6, 6.07) is 10.4. The van der Waals surface area contributed by atoms with E-state index < -0.39 is 29.6 Å². The van der Waals surface area contributed by atoms with Crippen LogP contribution in [0.3, 0.4) is 0 Å². The van der Waals surface area contributed by atoms with Crippen LogP contribution in [0.2, 0.25) is 0 Å². The summed E-state index contributed by atoms with van der Waals surface area (Å²) in [7, 11) is 4.24. The molecule has 1 aliphatic rings. The van der Waals surface area contributed by atoms with Crippen molar-refractivity contribution < 1.29 is 23.5 Å². The summed E-state index contributed by atoms with van der Waals surface area (Å²) < 4.78 is 18.8. The monoisotopic (exact) mass is 450 g/mol. The van der Waals surface area contributed by atoms with Crippen LogP contribution >= 0.6 is 0 Å². The molecule has 1 fully saturated rings. The molecule has 1 N–H and O–H groups in total. The summed E-state index contributed by atoms with van der Waals surface area (Å²) in [5.74, 6) is -2.33. The number of carbonyl (C=O) groups excluding carboxylic acids is 3. The Morgan fingerprint density at radius 1 is 1.06 bits per heavy atom. The molecule has 0 atom stereocenters. The zero-order valence-corrected chi connectivity index (χ0v) is 18.5. The van der Waals surface area contributed by atoms with Gasteiger partial charge in [-0.2, -0.15) is 0 Å². The average Bonchev–Trinajstić information content (AvgIpc) is 3.23. The standard InChI is InChI=1S/C24H23FN4O4/c1-28-22(30)20(23(31)29(2)24(28)32)21(14-4-6-16(25)7-5-14)26-11-10-15-13-27-19-9-8-17(33-3)12-18(15)19/h4-9,12-13,20,27H,10-11H2,1-3H3. The van der Waals surface area contributed by atoms with E-state index in [0.717, 1.165) is 32.0 Å². The fourth-order valence-corrected chi connectivity index (χ4v) is 3.90. The van der Waals surface area contributed by atoms with E-state index in [2.05, 4.69) is 9.98 Å². The van der Waals surface area contributed by atoms with Gasteiger partial charge in [0.1, 0.15) is 11.6 Å². The first-order valence-electron chi connectivity index (χ1n) is 10.3. The van der Waals surface area contributed by atoms with Crippen LogP contribution in [0.25, 0.3) is 10.9 Å². The van der Waals surface area contributed by atoms with Gasteiger partial charge in [-0.25, -0.2) is 9.18 Å². The Hall–Kier alpha value is -4.01. The van der Waals surface area contributed by atoms with Crippen LogP contribution in [-0.4, -0.2) is 66.1 Å². The zero-order chi connectivity index (χ0) is 23.7. The molecule has 33 heavy (non-hydrogen) atoms. The number of benzene rings is 2. The predicted molar refractivity (Wildman–Crippen MR) is 121 cm³/mol. The first kappa shape index (κ1) is 22.2. The molecule has 0 unspecified atom stereocenters. The van der Waals surface area contributed by atoms with E-state index in [0.29, 0.717) is 12.0 Å². The molecule has 0 radical (unpaired) electrons. The molecule has 2 heterocycles. The van der Waals surface area contributed by atoms with Crippen molar-refractivity contribution in [1.82, 2.24) is 14.8 Å². The third kappa shape index (κ3) is 4.09. The number of aromatic nitrogens is 1. The lowest BCUT2D eigenvalue weighted by Crippen LogP contribution is -2.59. The molecular weight excluding hydrogens is 427 g/mol. The molecule has 9 heteroatoms. The van der Waals surface area contributed by atoms with Gasteiger partial charge < -0.3 is 9.72 Å². The number of hydrogen-bond acceptors (Lipinski definition) is 5. The molecule has 1 aromatic heterocycles. The normalized spacial score (nSPS) is 15.6. The van der Waals surface area contributed by atoms with Crippen molar-refractivity contribution in [3.63, 3.8) is 0 Å². The van der Waals surface area contributed by atoms with Gasteiger partial charge in [-0.3, -0.25) is 24.4 Å². The summed E-state index contributed by atoms with van der Waals surface area (Å²) >= 11 is 0. The van der Waals surface area contributed by atoms with Crippen LogP contribution < -0.4 is 4.74 Å². The predicted octanol–water partition coefficient (Wildman–Crippen LogP) is 3.01. The molecule has 2 aromatic carbocycles. The minimum absolute atomic E-state index is 0.202. The van der Waals surface area contributed by atoms with Gasteiger partial charge in [-0.05, 0) is 47.9 Å². The number of H-pyrrole nitrogens is 1. The Morgan fingerprint density at radius 2 is 1.73 bits per heavy atom. The van der Waals surface area contributed by atoms with Crippen LogP contribution in [0.15, 0.2) is 53.7 Å². The second kappa shape index (κ2) is 8.85. The van der Waals surface area contributed by atoms with Gasteiger partial charge in [0.2, 0.25) is 11.8 Å². The summed E-state index contributed by atoms with van der Waals surface area (Å²) in [5.41, 5.74) is 2.60. The minimum Gasteiger partial charge on any atom is -0.497 e. The molecule has 0 saturated carbocycles. The van der Waals surface area contributed by atoms with Gasteiger partial charge >= 0.3 is 6.03 Å². The average molecular weight is 450 g/mol. The van der Waals surface area contributed by atoms with Crippen molar-refractivity contribution in [2.45, 2.75) is 6.42 Å². The number of aliphatic imine (C=N–C) groups is 1. The second-order valence-electron chi connectivity index (χ2n) is 7.76. The van der Waals surface area contributed by atoms with Crippen molar-refractivity contribution in [2.75, 3.05) is 27.7 Å². The van der Waals surface area contributed by atoms with E-state index in [-0.39, 0.29) is 12.3 Å². The lowest BCUT2D eigenvalue weighted by molar-refractivity contribution is -0.144. The van der Waals surface area contributed by atoms with E-state index in [4.69, 9.17) is 4.74 Å². The van der Waals surface area contributed by atoms with Crippen molar-refractivity contribution in [3.05, 3.63) is 65.6 Å². The smallest absolute Gasteiger partial charge is 0.332 e. The number of rotatable bonds is 6. The molecule has 1 aliphatic heterocycles. The first-order chi connectivity index (χ1) is 15.8. The van der Waals surface area contributed by atoms with Crippen LogP contribution in [-0.2, 0) is 16.0 Å². The molecule has 8 nitrogen and oxygen atoms in total. The number of hydrogen-bond donors (Lipinski definition) is 1. The number of ether oxygens (including phenoxy) is 1. The second-order valence-corrected chi connectivity index (χ2v) is 7.76. The highest BCUT2D eigenvalue weighted by Crippen LogP contribution is 2.25. The molecule has 4 rings (SSSR count). The van der Waals surface area contributed by atoms with Crippen molar-refractivity contribution in [1.29, 1.82) is 0 Å². The Labute approximate surface area is 189 Å². The number of carbonyl (C=O) groups is 3. The molecule has 0 bridgehead atoms. The summed E-state index contributed by atoms with van der Waals surface area (Å²) in [6.07, 6.45) is 2.41. The van der Waals surface area contributed by atoms with Crippen LogP contribution in [0.1, 0.15) is 11.1 Å². The van der Waals surface area contributed by atoms with Crippen molar-refractivity contribution in [3.8, 4) is 5.75 Å². The zero-order valence-electron chi connectivity index (χ0n) is 18.5. The number of nitrogens with one attached hydrogen (secondary N) is 1. The molecule has 4 amide bonds. The van der Waals surface area contributed by atoms with Crippen LogP contribution in [0.4, 0.5) is 9.18 Å². The number of halogens is 1. The highest BCUT2D eigenvalue weighted by Gasteiger charge is 2.45. The van der Waals surface area contributed by atoms with E-state index in [1.165, 1.54) is 38.4 Å². The summed E-state index contributed by atoms with van der Waals surface area (Å²) in [6.45, 7) is 0.273. The van der Waals surface area contributed by atoms with E-state index in [9.17, 15) is 18.8 Å². The van der Waals surface area contributed by atoms with Gasteiger partial charge in [-0.1, -0.05) is 12.1 Å². The topological polar surface area (TPSA) is 95.1 Å². The maximum atomic E-state index is 13.5. The van der Waals surface area contributed by atoms with Gasteiger partial charge in [0.25, 0.3) is 0 Å². The lowest BCUT2D eigenvalue weighted by atomic mass is 9.92. The van der Waals surface area contributed by atoms with Gasteiger partial charge in [0.15, 0.2) is 5.92 Å². The Morgan fingerprint density at radius 3 is 2.36 bits per heavy atom. The van der Waals surface area contributed by atoms with E-state index in [1.54, 1.807) is 7.11 Å². The quantitative estimate of drug-likeness (QED) is 0.461. The first-order valence-corrected chi connectivity index (χ1v) is 10.3. The molecule has 0 aliphatic carbocycles. The maximum Gasteiger partial charge on any atom is 0.332 e. The van der Waals surface area contributed by atoms with Gasteiger partial charge in [0, 0.05) is 37.7 Å². The largest absolute Gasteiger partial charge is 0.497 e. The van der Waals surface area contributed by atoms with Gasteiger partial charge in [-0.15, -0.1) is 0 Å².